The van der Waals surface area contributed by atoms with Crippen LogP contribution in [0.25, 0.3) is 0 Å². The van der Waals surface area contributed by atoms with Crippen LogP contribution in [-0.4, -0.2) is 31.7 Å². The van der Waals surface area contributed by atoms with Crippen LogP contribution in [0.3, 0.4) is 0 Å². The van der Waals surface area contributed by atoms with E-state index in [-0.39, 0.29) is 17.6 Å². The van der Waals surface area contributed by atoms with Gasteiger partial charge in [0.05, 0.1) is 4.90 Å². The number of piperidine rings is 1. The first-order valence-corrected chi connectivity index (χ1v) is 11.5. The molecule has 0 bridgehead atoms. The van der Waals surface area contributed by atoms with Gasteiger partial charge in [-0.1, -0.05) is 19.9 Å². The number of halogens is 1. The summed E-state index contributed by atoms with van der Waals surface area (Å²) in [4.78, 5) is 12.8. The summed E-state index contributed by atoms with van der Waals surface area (Å²) in [5.74, 6) is -0.783. The third kappa shape index (κ3) is 4.85. The number of nitrogens with one attached hydrogen (secondary N) is 1. The molecule has 2 aromatic carbocycles. The number of rotatable bonds is 6. The Morgan fingerprint density at radius 3 is 2.24 bits per heavy atom. The Labute approximate surface area is 172 Å². The van der Waals surface area contributed by atoms with Crippen LogP contribution in [0.4, 0.5) is 10.1 Å². The topological polar surface area (TPSA) is 66.5 Å². The van der Waals surface area contributed by atoms with Gasteiger partial charge in [-0.25, -0.2) is 12.8 Å². The van der Waals surface area contributed by atoms with E-state index < -0.39 is 10.0 Å². The van der Waals surface area contributed by atoms with Gasteiger partial charge in [-0.3, -0.25) is 4.79 Å². The second-order valence-electron chi connectivity index (χ2n) is 7.31. The quantitative estimate of drug-likeness (QED) is 0.771. The van der Waals surface area contributed by atoms with Crippen LogP contribution in [0.2, 0.25) is 0 Å². The van der Waals surface area contributed by atoms with Crippen molar-refractivity contribution in [2.75, 3.05) is 18.4 Å². The maximum absolute atomic E-state index is 13.0. The van der Waals surface area contributed by atoms with Gasteiger partial charge in [0.25, 0.3) is 0 Å². The van der Waals surface area contributed by atoms with Crippen molar-refractivity contribution in [2.24, 2.45) is 5.92 Å². The average Bonchev–Trinajstić information content (AvgIpc) is 2.74. The van der Waals surface area contributed by atoms with E-state index in [4.69, 9.17) is 0 Å². The van der Waals surface area contributed by atoms with Gasteiger partial charge in [-0.05, 0) is 73.2 Å². The molecule has 1 N–H and O–H groups in total. The zero-order chi connectivity index (χ0) is 21.0. The van der Waals surface area contributed by atoms with Crippen molar-refractivity contribution < 1.29 is 17.6 Å². The van der Waals surface area contributed by atoms with Crippen molar-refractivity contribution in [1.82, 2.24) is 4.31 Å². The Morgan fingerprint density at radius 2 is 1.66 bits per heavy atom. The van der Waals surface area contributed by atoms with Crippen molar-refractivity contribution in [3.05, 3.63) is 59.4 Å². The van der Waals surface area contributed by atoms with Crippen molar-refractivity contribution in [1.29, 1.82) is 0 Å². The highest BCUT2D eigenvalue weighted by atomic mass is 32.2. The molecular formula is C22H27FN2O3S. The number of hydrogen-bond acceptors (Lipinski definition) is 3. The first-order valence-electron chi connectivity index (χ1n) is 10.0. The van der Waals surface area contributed by atoms with E-state index in [2.05, 4.69) is 12.2 Å². The molecule has 0 unspecified atom stereocenters. The Balaban J connectivity index is 1.65. The normalized spacial score (nSPS) is 16.0. The zero-order valence-electron chi connectivity index (χ0n) is 16.8. The highest BCUT2D eigenvalue weighted by Crippen LogP contribution is 2.26. The minimum atomic E-state index is -3.57. The van der Waals surface area contributed by atoms with E-state index in [9.17, 15) is 17.6 Å². The number of sulfonamides is 1. The molecule has 3 rings (SSSR count). The molecule has 1 heterocycles. The van der Waals surface area contributed by atoms with Crippen LogP contribution in [0.1, 0.15) is 37.8 Å². The molecule has 0 saturated carbocycles. The number of carbonyl (C=O) groups excluding carboxylic acids is 1. The molecule has 1 aliphatic rings. The van der Waals surface area contributed by atoms with E-state index in [1.54, 1.807) is 12.1 Å². The van der Waals surface area contributed by atoms with Crippen molar-refractivity contribution >= 4 is 21.6 Å². The number of aryl methyl sites for hydroxylation is 2. The highest BCUT2D eigenvalue weighted by molar-refractivity contribution is 7.89. The van der Waals surface area contributed by atoms with Gasteiger partial charge in [0, 0.05) is 24.7 Å². The van der Waals surface area contributed by atoms with Gasteiger partial charge in [0.1, 0.15) is 5.82 Å². The van der Waals surface area contributed by atoms with Crippen LogP contribution in [0, 0.1) is 11.7 Å². The number of amides is 1. The first-order chi connectivity index (χ1) is 13.8. The lowest BCUT2D eigenvalue weighted by Crippen LogP contribution is -2.41. The molecule has 0 aromatic heterocycles. The molecule has 1 saturated heterocycles. The lowest BCUT2D eigenvalue weighted by molar-refractivity contribution is -0.120. The molecule has 0 spiro atoms. The zero-order valence-corrected chi connectivity index (χ0v) is 17.6. The summed E-state index contributed by atoms with van der Waals surface area (Å²) in [5.41, 5.74) is 2.76. The van der Waals surface area contributed by atoms with Crippen LogP contribution in [0.5, 0.6) is 0 Å². The van der Waals surface area contributed by atoms with Crippen molar-refractivity contribution in [3.8, 4) is 0 Å². The van der Waals surface area contributed by atoms with Crippen LogP contribution in [0.15, 0.2) is 47.4 Å². The largest absolute Gasteiger partial charge is 0.326 e. The van der Waals surface area contributed by atoms with Gasteiger partial charge in [0.2, 0.25) is 15.9 Å². The number of hydrogen-bond donors (Lipinski definition) is 1. The van der Waals surface area contributed by atoms with E-state index in [1.807, 2.05) is 13.0 Å². The molecule has 2 aromatic rings. The van der Waals surface area contributed by atoms with E-state index in [1.165, 1.54) is 34.1 Å². The molecule has 1 amide bonds. The predicted octanol–water partition coefficient (Wildman–Crippen LogP) is 3.99. The summed E-state index contributed by atoms with van der Waals surface area (Å²) in [7, 11) is -3.57. The molecule has 29 heavy (non-hydrogen) atoms. The molecule has 0 aliphatic carbocycles. The molecular weight excluding hydrogens is 391 g/mol. The molecule has 7 heteroatoms. The van der Waals surface area contributed by atoms with Gasteiger partial charge >= 0.3 is 0 Å². The lowest BCUT2D eigenvalue weighted by atomic mass is 9.97. The number of benzene rings is 2. The van der Waals surface area contributed by atoms with Gasteiger partial charge in [-0.15, -0.1) is 0 Å². The van der Waals surface area contributed by atoms with E-state index in [0.717, 1.165) is 18.4 Å². The summed E-state index contributed by atoms with van der Waals surface area (Å²) in [6.45, 7) is 4.70. The molecule has 5 nitrogen and oxygen atoms in total. The van der Waals surface area contributed by atoms with E-state index >= 15 is 0 Å². The Hall–Kier alpha value is -2.25. The predicted molar refractivity (Wildman–Crippen MR) is 112 cm³/mol. The monoisotopic (exact) mass is 418 g/mol. The SMILES string of the molecule is CCc1ccc(S(=O)(=O)N2CCC(C(=O)Nc3ccc(F)cc3)CC2)cc1CC. The summed E-state index contributed by atoms with van der Waals surface area (Å²) >= 11 is 0. The van der Waals surface area contributed by atoms with E-state index in [0.29, 0.717) is 36.5 Å². The molecule has 156 valence electrons. The fraction of sp³-hybridized carbons (Fsp3) is 0.409. The summed E-state index contributed by atoms with van der Waals surface area (Å²) in [6.07, 6.45) is 2.58. The third-order valence-corrected chi connectivity index (χ3v) is 7.41. The molecule has 0 atom stereocenters. The lowest BCUT2D eigenvalue weighted by Gasteiger charge is -2.30. The maximum atomic E-state index is 13.0. The van der Waals surface area contributed by atoms with Crippen LogP contribution < -0.4 is 5.32 Å². The summed E-state index contributed by atoms with van der Waals surface area (Å²) < 4.78 is 40.5. The second-order valence-corrected chi connectivity index (χ2v) is 9.25. The first kappa shape index (κ1) is 21.5. The number of nitrogens with zero attached hydrogens (tertiary/aromatic N) is 1. The number of carbonyl (C=O) groups is 1. The standard InChI is InChI=1S/C22H27FN2O3S/c1-3-16-5-10-21(15-17(16)4-2)29(27,28)25-13-11-18(12-14-25)22(26)24-20-8-6-19(23)7-9-20/h5-10,15,18H,3-4,11-14H2,1-2H3,(H,24,26). The Kier molecular flexibility index (Phi) is 6.70. The van der Waals surface area contributed by atoms with Crippen molar-refractivity contribution in [2.45, 2.75) is 44.4 Å². The van der Waals surface area contributed by atoms with Gasteiger partial charge in [0.15, 0.2) is 0 Å². The maximum Gasteiger partial charge on any atom is 0.243 e. The Bertz CT molecular complexity index is 966. The fourth-order valence-corrected chi connectivity index (χ4v) is 5.24. The Morgan fingerprint density at radius 1 is 1.03 bits per heavy atom. The minimum Gasteiger partial charge on any atom is -0.326 e. The summed E-state index contributed by atoms with van der Waals surface area (Å²) in [5, 5.41) is 2.78. The number of anilines is 1. The third-order valence-electron chi connectivity index (χ3n) is 5.51. The second kappa shape index (κ2) is 9.05. The van der Waals surface area contributed by atoms with Crippen LogP contribution in [-0.2, 0) is 27.7 Å². The highest BCUT2D eigenvalue weighted by Gasteiger charge is 2.32. The minimum absolute atomic E-state index is 0.158. The smallest absolute Gasteiger partial charge is 0.243 e. The molecule has 0 radical (unpaired) electrons. The summed E-state index contributed by atoms with van der Waals surface area (Å²) in [6, 6.07) is 11.0. The molecule has 1 aliphatic heterocycles. The van der Waals surface area contributed by atoms with Gasteiger partial charge in [-0.2, -0.15) is 4.31 Å². The fourth-order valence-electron chi connectivity index (χ4n) is 3.72. The average molecular weight is 419 g/mol. The van der Waals surface area contributed by atoms with Gasteiger partial charge < -0.3 is 5.32 Å². The van der Waals surface area contributed by atoms with Crippen LogP contribution >= 0.6 is 0 Å². The molecule has 1 fully saturated rings. The van der Waals surface area contributed by atoms with Crippen molar-refractivity contribution in [3.63, 3.8) is 0 Å².